The maximum absolute atomic E-state index is 12.5. The molecule has 0 aliphatic carbocycles. The number of hydrogen-bond acceptors (Lipinski definition) is 5. The average Bonchev–Trinajstić information content (AvgIpc) is 3.07. The topological polar surface area (TPSA) is 122 Å². The lowest BCUT2D eigenvalue weighted by Crippen LogP contribution is -2.44. The molecule has 0 spiro atoms. The van der Waals surface area contributed by atoms with Crippen molar-refractivity contribution >= 4 is 23.5 Å². The minimum absolute atomic E-state index is 0.110. The number of benzene rings is 1. The summed E-state index contributed by atoms with van der Waals surface area (Å²) in [5.41, 5.74) is 1.26. The number of nitrogens with one attached hydrogen (secondary N) is 2. The monoisotopic (exact) mass is 359 g/mol. The Morgan fingerprint density at radius 1 is 1.27 bits per heavy atom. The van der Waals surface area contributed by atoms with Gasteiger partial charge >= 0.3 is 6.09 Å². The first-order valence-electron chi connectivity index (χ1n) is 8.12. The fourth-order valence-electron chi connectivity index (χ4n) is 2.53. The van der Waals surface area contributed by atoms with E-state index in [1.165, 1.54) is 19.5 Å². The summed E-state index contributed by atoms with van der Waals surface area (Å²) in [7, 11) is 0. The van der Waals surface area contributed by atoms with Gasteiger partial charge in [0.15, 0.2) is 17.9 Å². The largest absolute Gasteiger partial charge is 0.465 e. The lowest BCUT2D eigenvalue weighted by atomic mass is 10.0. The van der Waals surface area contributed by atoms with Crippen molar-refractivity contribution in [2.75, 3.05) is 5.32 Å². The molecular formula is C18H21N3O5. The smallest absolute Gasteiger partial charge is 0.405 e. The molecule has 1 unspecified atom stereocenters. The highest BCUT2D eigenvalue weighted by molar-refractivity contribution is 6.06. The highest BCUT2D eigenvalue weighted by Gasteiger charge is 2.23. The van der Waals surface area contributed by atoms with Crippen LogP contribution >= 0.6 is 0 Å². The summed E-state index contributed by atoms with van der Waals surface area (Å²) in [5, 5.41) is 13.8. The summed E-state index contributed by atoms with van der Waals surface area (Å²) in [6.07, 6.45) is 1.86. The summed E-state index contributed by atoms with van der Waals surface area (Å²) in [6, 6.07) is 3.95. The number of hydrogen-bond donors (Lipinski definition) is 3. The van der Waals surface area contributed by atoms with Gasteiger partial charge in [0.2, 0.25) is 5.91 Å². The zero-order valence-corrected chi connectivity index (χ0v) is 14.8. The highest BCUT2D eigenvalue weighted by atomic mass is 16.4. The van der Waals surface area contributed by atoms with E-state index in [9.17, 15) is 14.4 Å². The number of aromatic nitrogens is 1. The number of anilines is 1. The van der Waals surface area contributed by atoms with E-state index >= 15 is 0 Å². The van der Waals surface area contributed by atoms with Crippen LogP contribution in [0.2, 0.25) is 0 Å². The fourth-order valence-corrected chi connectivity index (χ4v) is 2.53. The van der Waals surface area contributed by atoms with Crippen molar-refractivity contribution in [2.45, 2.75) is 33.2 Å². The predicted molar refractivity (Wildman–Crippen MR) is 95.0 cm³/mol. The number of Topliss-reactive ketones (excluding diaryl/α,β-unsaturated/α-hetero) is 1. The van der Waals surface area contributed by atoms with Crippen LogP contribution in [0, 0.1) is 5.92 Å². The van der Waals surface area contributed by atoms with Crippen LogP contribution in [0.3, 0.4) is 0 Å². The first-order valence-corrected chi connectivity index (χ1v) is 8.12. The van der Waals surface area contributed by atoms with Crippen molar-refractivity contribution in [3.05, 3.63) is 36.4 Å². The molecular weight excluding hydrogens is 338 g/mol. The Labute approximate surface area is 150 Å². The third-order valence-corrected chi connectivity index (χ3v) is 3.69. The molecule has 26 heavy (non-hydrogen) atoms. The zero-order valence-electron chi connectivity index (χ0n) is 14.8. The molecule has 1 atom stereocenters. The summed E-state index contributed by atoms with van der Waals surface area (Å²) in [5.74, 6) is -0.154. The Bertz CT molecular complexity index is 799. The van der Waals surface area contributed by atoms with Crippen LogP contribution in [-0.4, -0.2) is 33.9 Å². The molecule has 2 amide bonds. The standard InChI is InChI=1S/C18H21N3O5/c1-10(2)6-15(21-18(24)25)17(23)20-14-5-4-12(7-13(14)11(3)22)16-8-19-9-26-16/h4-5,7-10,15,21H,6H2,1-3H3,(H,20,23)(H,24,25). The third-order valence-electron chi connectivity index (χ3n) is 3.69. The summed E-state index contributed by atoms with van der Waals surface area (Å²) >= 11 is 0. The Hall–Kier alpha value is -3.16. The average molecular weight is 359 g/mol. The minimum Gasteiger partial charge on any atom is -0.465 e. The van der Waals surface area contributed by atoms with Crippen molar-refractivity contribution in [1.82, 2.24) is 10.3 Å². The number of nitrogens with zero attached hydrogens (tertiary/aromatic N) is 1. The SMILES string of the molecule is CC(=O)c1cc(-c2cnco2)ccc1NC(=O)C(CC(C)C)NC(=O)O. The van der Waals surface area contributed by atoms with Gasteiger partial charge in [-0.2, -0.15) is 0 Å². The highest BCUT2D eigenvalue weighted by Crippen LogP contribution is 2.26. The van der Waals surface area contributed by atoms with Gasteiger partial charge in [0.1, 0.15) is 6.04 Å². The second-order valence-corrected chi connectivity index (χ2v) is 6.30. The van der Waals surface area contributed by atoms with Crippen LogP contribution < -0.4 is 10.6 Å². The van der Waals surface area contributed by atoms with Gasteiger partial charge in [0.25, 0.3) is 0 Å². The Kier molecular flexibility index (Phi) is 6.11. The number of amides is 2. The molecule has 0 saturated heterocycles. The molecule has 3 N–H and O–H groups in total. The number of carbonyl (C=O) groups excluding carboxylic acids is 2. The van der Waals surface area contributed by atoms with Gasteiger partial charge < -0.3 is 20.2 Å². The second kappa shape index (κ2) is 8.28. The molecule has 0 radical (unpaired) electrons. The summed E-state index contributed by atoms with van der Waals surface area (Å²) in [4.78, 5) is 39.3. The van der Waals surface area contributed by atoms with Crippen LogP contribution in [0.4, 0.5) is 10.5 Å². The molecule has 0 saturated carbocycles. The van der Waals surface area contributed by atoms with Gasteiger partial charge in [0, 0.05) is 11.1 Å². The molecule has 1 aromatic heterocycles. The van der Waals surface area contributed by atoms with Gasteiger partial charge in [-0.25, -0.2) is 9.78 Å². The molecule has 138 valence electrons. The van der Waals surface area contributed by atoms with Crippen LogP contribution in [0.25, 0.3) is 11.3 Å². The zero-order chi connectivity index (χ0) is 19.3. The van der Waals surface area contributed by atoms with Crippen LogP contribution in [-0.2, 0) is 4.79 Å². The summed E-state index contributed by atoms with van der Waals surface area (Å²) < 4.78 is 5.22. The predicted octanol–water partition coefficient (Wildman–Crippen LogP) is 3.17. The van der Waals surface area contributed by atoms with Crippen LogP contribution in [0.15, 0.2) is 35.2 Å². The molecule has 2 aromatic rings. The van der Waals surface area contributed by atoms with Gasteiger partial charge in [-0.3, -0.25) is 9.59 Å². The van der Waals surface area contributed by atoms with Crippen molar-refractivity contribution in [2.24, 2.45) is 5.92 Å². The number of carbonyl (C=O) groups is 3. The lowest BCUT2D eigenvalue weighted by molar-refractivity contribution is -0.118. The van der Waals surface area contributed by atoms with E-state index in [2.05, 4.69) is 15.6 Å². The van der Waals surface area contributed by atoms with Gasteiger partial charge in [0.05, 0.1) is 11.9 Å². The Balaban J connectivity index is 2.27. The van der Waals surface area contributed by atoms with Crippen LogP contribution in [0.5, 0.6) is 0 Å². The Morgan fingerprint density at radius 2 is 2.00 bits per heavy atom. The van der Waals surface area contributed by atoms with E-state index in [0.29, 0.717) is 29.0 Å². The van der Waals surface area contributed by atoms with E-state index in [0.717, 1.165) is 0 Å². The van der Waals surface area contributed by atoms with E-state index in [-0.39, 0.29) is 11.7 Å². The molecule has 2 rings (SSSR count). The van der Waals surface area contributed by atoms with Gasteiger partial charge in [-0.1, -0.05) is 13.8 Å². The maximum Gasteiger partial charge on any atom is 0.405 e. The van der Waals surface area contributed by atoms with E-state index < -0.39 is 18.0 Å². The maximum atomic E-state index is 12.5. The van der Waals surface area contributed by atoms with Crippen molar-refractivity contribution in [1.29, 1.82) is 0 Å². The van der Waals surface area contributed by atoms with E-state index in [1.807, 2.05) is 13.8 Å². The molecule has 1 aromatic carbocycles. The molecule has 8 heteroatoms. The Morgan fingerprint density at radius 3 is 2.54 bits per heavy atom. The lowest BCUT2D eigenvalue weighted by Gasteiger charge is -2.19. The van der Waals surface area contributed by atoms with Crippen LogP contribution in [0.1, 0.15) is 37.6 Å². The van der Waals surface area contributed by atoms with Gasteiger partial charge in [-0.15, -0.1) is 0 Å². The fraction of sp³-hybridized carbons (Fsp3) is 0.333. The van der Waals surface area contributed by atoms with E-state index in [1.54, 1.807) is 18.2 Å². The van der Waals surface area contributed by atoms with Crippen molar-refractivity contribution in [3.63, 3.8) is 0 Å². The molecule has 0 aliphatic rings. The molecule has 1 heterocycles. The number of rotatable bonds is 7. The normalized spacial score (nSPS) is 11.8. The van der Waals surface area contributed by atoms with Crippen molar-refractivity contribution in [3.8, 4) is 11.3 Å². The quantitative estimate of drug-likeness (QED) is 0.653. The second-order valence-electron chi connectivity index (χ2n) is 6.30. The van der Waals surface area contributed by atoms with Crippen molar-refractivity contribution < 1.29 is 23.9 Å². The molecule has 0 bridgehead atoms. The van der Waals surface area contributed by atoms with E-state index in [4.69, 9.17) is 9.52 Å². The molecule has 0 fully saturated rings. The number of carboxylic acid groups (broad SMARTS) is 1. The first-order chi connectivity index (χ1) is 12.3. The summed E-state index contributed by atoms with van der Waals surface area (Å²) in [6.45, 7) is 5.16. The number of ketones is 1. The first kappa shape index (κ1) is 19.2. The van der Waals surface area contributed by atoms with Gasteiger partial charge in [-0.05, 0) is 37.5 Å². The third kappa shape index (κ3) is 4.92. The minimum atomic E-state index is -1.28. The molecule has 0 aliphatic heterocycles. The number of oxazole rings is 1. The molecule has 8 nitrogen and oxygen atoms in total.